The van der Waals surface area contributed by atoms with Crippen molar-refractivity contribution in [2.24, 2.45) is 5.92 Å². The second-order valence-corrected chi connectivity index (χ2v) is 9.90. The number of hydrogen-bond acceptors (Lipinski definition) is 6. The lowest BCUT2D eigenvalue weighted by Gasteiger charge is -2.20. The minimum absolute atomic E-state index is 0.0459. The zero-order valence-corrected chi connectivity index (χ0v) is 22.3. The van der Waals surface area contributed by atoms with Crippen LogP contribution in [0, 0.1) is 11.7 Å². The lowest BCUT2D eigenvalue weighted by Crippen LogP contribution is -2.27. The van der Waals surface area contributed by atoms with Crippen LogP contribution in [0.1, 0.15) is 63.7 Å². The van der Waals surface area contributed by atoms with Crippen molar-refractivity contribution in [2.45, 2.75) is 53.4 Å². The summed E-state index contributed by atoms with van der Waals surface area (Å²) in [5.74, 6) is -0.396. The van der Waals surface area contributed by atoms with Gasteiger partial charge in [0.1, 0.15) is 22.3 Å². The molecule has 0 aliphatic carbocycles. The Morgan fingerprint density at radius 1 is 1.15 bits per heavy atom. The Kier molecular flexibility index (Phi) is 12.2. The monoisotopic (exact) mass is 531 g/mol. The van der Waals surface area contributed by atoms with Crippen LogP contribution >= 0.6 is 35.3 Å². The molecule has 1 heterocycles. The van der Waals surface area contributed by atoms with Crippen molar-refractivity contribution in [3.8, 4) is 17.4 Å². The van der Waals surface area contributed by atoms with Crippen LogP contribution in [0.4, 0.5) is 4.39 Å². The van der Waals surface area contributed by atoms with Gasteiger partial charge in [-0.3, -0.25) is 9.52 Å². The molecule has 10 heteroatoms. The number of ether oxygens (including phenoxy) is 2. The fraction of sp³-hybridized carbons (Fsp3) is 0.500. The van der Waals surface area contributed by atoms with Crippen LogP contribution in [0.5, 0.6) is 17.4 Å². The number of benzene rings is 1. The van der Waals surface area contributed by atoms with Crippen LogP contribution in [0.2, 0.25) is 10.0 Å². The summed E-state index contributed by atoms with van der Waals surface area (Å²) < 4.78 is 30.7. The SMILES string of the molecule is CCCCN(CCCC)SNC(=O)c1cc(Cl)c(Oc2cnc(OCC(C)C)c(Cl)c2)cc1F. The van der Waals surface area contributed by atoms with Gasteiger partial charge in [-0.2, -0.15) is 0 Å². The zero-order chi connectivity index (χ0) is 25.1. The van der Waals surface area contributed by atoms with Crippen molar-refractivity contribution in [3.63, 3.8) is 0 Å². The number of pyridine rings is 1. The van der Waals surface area contributed by atoms with Crippen LogP contribution in [-0.4, -0.2) is 34.9 Å². The Labute approximate surface area is 215 Å². The molecule has 0 aliphatic heterocycles. The first-order chi connectivity index (χ1) is 16.2. The summed E-state index contributed by atoms with van der Waals surface area (Å²) in [5.41, 5.74) is -0.163. The van der Waals surface area contributed by atoms with Gasteiger partial charge in [0, 0.05) is 37.4 Å². The van der Waals surface area contributed by atoms with E-state index in [9.17, 15) is 9.18 Å². The molecular formula is C24H32Cl2FN3O3S. The van der Waals surface area contributed by atoms with E-state index < -0.39 is 11.7 Å². The minimum Gasteiger partial charge on any atom is -0.476 e. The Morgan fingerprint density at radius 2 is 1.82 bits per heavy atom. The number of nitrogens with zero attached hydrogens (tertiary/aromatic N) is 2. The van der Waals surface area contributed by atoms with Crippen LogP contribution < -0.4 is 14.2 Å². The third kappa shape index (κ3) is 9.13. The molecule has 1 aromatic heterocycles. The third-order valence-corrected chi connectivity index (χ3v) is 6.09. The van der Waals surface area contributed by atoms with Crippen molar-refractivity contribution in [1.29, 1.82) is 0 Å². The minimum atomic E-state index is -0.748. The maximum absolute atomic E-state index is 14.7. The summed E-state index contributed by atoms with van der Waals surface area (Å²) in [7, 11) is 0. The highest BCUT2D eigenvalue weighted by atomic mass is 35.5. The molecule has 0 bridgehead atoms. The second-order valence-electron chi connectivity index (χ2n) is 8.19. The summed E-state index contributed by atoms with van der Waals surface area (Å²) in [5, 5.41) is 0.347. The van der Waals surface area contributed by atoms with Gasteiger partial charge in [-0.25, -0.2) is 13.7 Å². The molecule has 2 aromatic rings. The Balaban J connectivity index is 2.06. The van der Waals surface area contributed by atoms with Crippen molar-refractivity contribution in [1.82, 2.24) is 14.0 Å². The summed E-state index contributed by atoms with van der Waals surface area (Å²) in [6.07, 6.45) is 5.55. The molecule has 1 aromatic carbocycles. The second kappa shape index (κ2) is 14.6. The Morgan fingerprint density at radius 3 is 2.41 bits per heavy atom. The number of unbranched alkanes of at least 4 members (excludes halogenated alkanes) is 2. The molecule has 1 amide bonds. The van der Waals surface area contributed by atoms with Crippen molar-refractivity contribution >= 4 is 41.2 Å². The van der Waals surface area contributed by atoms with E-state index in [0.717, 1.165) is 44.8 Å². The first-order valence-electron chi connectivity index (χ1n) is 11.4. The van der Waals surface area contributed by atoms with Gasteiger partial charge in [0.05, 0.1) is 23.4 Å². The molecule has 1 N–H and O–H groups in total. The highest BCUT2D eigenvalue weighted by Crippen LogP contribution is 2.34. The molecule has 0 saturated carbocycles. The molecule has 0 aliphatic rings. The summed E-state index contributed by atoms with van der Waals surface area (Å²) in [6, 6.07) is 3.83. The average molecular weight is 533 g/mol. The van der Waals surface area contributed by atoms with Crippen LogP contribution in [-0.2, 0) is 0 Å². The predicted octanol–water partition coefficient (Wildman–Crippen LogP) is 7.55. The van der Waals surface area contributed by atoms with Gasteiger partial charge in [0.25, 0.3) is 5.91 Å². The van der Waals surface area contributed by atoms with Crippen molar-refractivity contribution < 1.29 is 18.7 Å². The lowest BCUT2D eigenvalue weighted by atomic mass is 10.2. The Bertz CT molecular complexity index is 942. The average Bonchev–Trinajstić information content (AvgIpc) is 2.79. The van der Waals surface area contributed by atoms with E-state index in [1.165, 1.54) is 30.5 Å². The van der Waals surface area contributed by atoms with Gasteiger partial charge in [-0.05, 0) is 24.8 Å². The molecule has 0 atom stereocenters. The van der Waals surface area contributed by atoms with Gasteiger partial charge in [0.2, 0.25) is 5.88 Å². The maximum Gasteiger partial charge on any atom is 0.265 e. The van der Waals surface area contributed by atoms with E-state index in [2.05, 4.69) is 27.9 Å². The molecule has 0 saturated heterocycles. The molecule has 0 spiro atoms. The van der Waals surface area contributed by atoms with Crippen LogP contribution in [0.25, 0.3) is 0 Å². The number of hydrogen-bond donors (Lipinski definition) is 1. The first-order valence-corrected chi connectivity index (χ1v) is 13.0. The number of carbonyl (C=O) groups is 1. The van der Waals surface area contributed by atoms with Gasteiger partial charge >= 0.3 is 0 Å². The third-order valence-electron chi connectivity index (χ3n) is 4.62. The summed E-state index contributed by atoms with van der Waals surface area (Å²) in [6.45, 7) is 10.4. The molecule has 0 unspecified atom stereocenters. The van der Waals surface area contributed by atoms with Crippen LogP contribution in [0.3, 0.4) is 0 Å². The van der Waals surface area contributed by atoms with E-state index in [1.54, 1.807) is 0 Å². The highest BCUT2D eigenvalue weighted by Gasteiger charge is 2.18. The smallest absolute Gasteiger partial charge is 0.265 e. The maximum atomic E-state index is 14.7. The topological polar surface area (TPSA) is 63.7 Å². The number of rotatable bonds is 14. The van der Waals surface area contributed by atoms with Gasteiger partial charge in [0.15, 0.2) is 0 Å². The Hall–Kier alpha value is -1.74. The molecule has 0 fully saturated rings. The van der Waals surface area contributed by atoms with E-state index in [0.29, 0.717) is 12.5 Å². The normalized spacial score (nSPS) is 11.2. The molecule has 0 radical (unpaired) electrons. The number of halogens is 3. The summed E-state index contributed by atoms with van der Waals surface area (Å²) in [4.78, 5) is 16.7. The largest absolute Gasteiger partial charge is 0.476 e. The predicted molar refractivity (Wildman–Crippen MR) is 138 cm³/mol. The number of amides is 1. The van der Waals surface area contributed by atoms with E-state index in [4.69, 9.17) is 32.7 Å². The van der Waals surface area contributed by atoms with E-state index in [1.807, 2.05) is 13.8 Å². The molecule has 6 nitrogen and oxygen atoms in total. The number of carbonyl (C=O) groups excluding carboxylic acids is 1. The highest BCUT2D eigenvalue weighted by molar-refractivity contribution is 7.95. The van der Waals surface area contributed by atoms with Crippen LogP contribution in [0.15, 0.2) is 24.4 Å². The summed E-state index contributed by atoms with van der Waals surface area (Å²) >= 11 is 13.7. The van der Waals surface area contributed by atoms with Gasteiger partial charge in [-0.1, -0.05) is 63.7 Å². The van der Waals surface area contributed by atoms with Gasteiger partial charge < -0.3 is 9.47 Å². The quantitative estimate of drug-likeness (QED) is 0.254. The first kappa shape index (κ1) is 28.5. The fourth-order valence-corrected chi connectivity index (χ4v) is 3.93. The fourth-order valence-electron chi connectivity index (χ4n) is 2.76. The van der Waals surface area contributed by atoms with Crippen molar-refractivity contribution in [2.75, 3.05) is 19.7 Å². The van der Waals surface area contributed by atoms with Crippen molar-refractivity contribution in [3.05, 3.63) is 45.8 Å². The zero-order valence-electron chi connectivity index (χ0n) is 20.0. The lowest BCUT2D eigenvalue weighted by molar-refractivity contribution is 0.0979. The molecule has 188 valence electrons. The molecule has 34 heavy (non-hydrogen) atoms. The standard InChI is InChI=1S/C24H32Cl2FN3O3S/c1-5-7-9-30(10-8-6-2)34-29-23(31)18-12-19(25)22(13-21(18)27)33-17-11-20(26)24(28-14-17)32-15-16(3)4/h11-14,16H,5-10,15H2,1-4H3,(H,29,31). The van der Waals surface area contributed by atoms with E-state index in [-0.39, 0.29) is 33.0 Å². The van der Waals surface area contributed by atoms with Gasteiger partial charge in [-0.15, -0.1) is 0 Å². The number of aromatic nitrogens is 1. The molecule has 2 rings (SSSR count). The number of nitrogens with one attached hydrogen (secondary N) is 1. The molecular weight excluding hydrogens is 500 g/mol. The van der Waals surface area contributed by atoms with E-state index >= 15 is 0 Å².